The third kappa shape index (κ3) is 8.26. The Morgan fingerprint density at radius 1 is 0.778 bits per heavy atom. The van der Waals surface area contributed by atoms with E-state index < -0.39 is 0 Å². The lowest BCUT2D eigenvalue weighted by atomic mass is 10.1. The zero-order chi connectivity index (χ0) is 12.9. The molecule has 0 atom stereocenters. The number of ether oxygens (including phenoxy) is 1. The molecule has 0 saturated carbocycles. The fraction of sp³-hybridized carbons (Fsp3) is 0.625. The normalized spacial score (nSPS) is 10.7. The molecular weight excluding hydrogens is 224 g/mol. The zero-order valence-corrected chi connectivity index (χ0v) is 11.3. The van der Waals surface area contributed by atoms with Gasteiger partial charge in [0.05, 0.1) is 6.61 Å². The van der Waals surface area contributed by atoms with Gasteiger partial charge < -0.3 is 9.84 Å². The molecule has 0 radical (unpaired) electrons. The van der Waals surface area contributed by atoms with Crippen LogP contribution in [-0.2, 0) is 11.3 Å². The van der Waals surface area contributed by atoms with Crippen LogP contribution in [0.15, 0.2) is 30.3 Å². The molecule has 1 N–H and O–H groups in total. The molecule has 2 heteroatoms. The molecule has 102 valence electrons. The summed E-state index contributed by atoms with van der Waals surface area (Å²) in [6.07, 6.45) is 8.38. The highest BCUT2D eigenvalue weighted by Gasteiger charge is 1.93. The van der Waals surface area contributed by atoms with Crippen LogP contribution in [0.3, 0.4) is 0 Å². The van der Waals surface area contributed by atoms with Gasteiger partial charge in [0.25, 0.3) is 0 Å². The Morgan fingerprint density at radius 2 is 1.39 bits per heavy atom. The van der Waals surface area contributed by atoms with Crippen molar-refractivity contribution in [1.82, 2.24) is 0 Å². The maximum Gasteiger partial charge on any atom is 0.0716 e. The average Bonchev–Trinajstić information content (AvgIpc) is 2.42. The van der Waals surface area contributed by atoms with Crippen LogP contribution in [0.5, 0.6) is 0 Å². The molecule has 0 amide bonds. The van der Waals surface area contributed by atoms with E-state index in [2.05, 4.69) is 12.1 Å². The van der Waals surface area contributed by atoms with Crippen molar-refractivity contribution in [3.05, 3.63) is 35.9 Å². The molecule has 0 saturated heterocycles. The van der Waals surface area contributed by atoms with Crippen molar-refractivity contribution in [3.63, 3.8) is 0 Å². The summed E-state index contributed by atoms with van der Waals surface area (Å²) in [6, 6.07) is 10.3. The van der Waals surface area contributed by atoms with Crippen LogP contribution in [0, 0.1) is 0 Å². The number of unbranched alkanes of at least 4 members (excludes halogenated alkanes) is 6. The monoisotopic (exact) mass is 250 g/mol. The Bertz CT molecular complexity index is 272. The predicted octanol–water partition coefficient (Wildman–Crippen LogP) is 3.93. The van der Waals surface area contributed by atoms with Gasteiger partial charge in [-0.25, -0.2) is 0 Å². The average molecular weight is 250 g/mol. The smallest absolute Gasteiger partial charge is 0.0716 e. The van der Waals surface area contributed by atoms with E-state index in [1.54, 1.807) is 0 Å². The van der Waals surface area contributed by atoms with Gasteiger partial charge in [-0.15, -0.1) is 0 Å². The molecule has 0 unspecified atom stereocenters. The van der Waals surface area contributed by atoms with Gasteiger partial charge >= 0.3 is 0 Å². The van der Waals surface area contributed by atoms with E-state index in [0.29, 0.717) is 6.61 Å². The first-order chi connectivity index (χ1) is 8.93. The highest BCUT2D eigenvalue weighted by Crippen LogP contribution is 2.07. The van der Waals surface area contributed by atoms with E-state index >= 15 is 0 Å². The minimum absolute atomic E-state index is 0.341. The number of hydrogen-bond acceptors (Lipinski definition) is 2. The molecule has 2 nitrogen and oxygen atoms in total. The summed E-state index contributed by atoms with van der Waals surface area (Å²) in [7, 11) is 0. The van der Waals surface area contributed by atoms with E-state index in [1.807, 2.05) is 18.2 Å². The molecule has 0 aliphatic heterocycles. The summed E-state index contributed by atoms with van der Waals surface area (Å²) in [5, 5.41) is 8.64. The molecule has 0 bridgehead atoms. The van der Waals surface area contributed by atoms with Gasteiger partial charge in [0.1, 0.15) is 0 Å². The van der Waals surface area contributed by atoms with E-state index in [-0.39, 0.29) is 0 Å². The lowest BCUT2D eigenvalue weighted by molar-refractivity contribution is 0.116. The van der Waals surface area contributed by atoms with Crippen molar-refractivity contribution in [3.8, 4) is 0 Å². The highest BCUT2D eigenvalue weighted by atomic mass is 16.5. The molecule has 1 aromatic carbocycles. The van der Waals surface area contributed by atoms with Gasteiger partial charge in [0.15, 0.2) is 0 Å². The first-order valence-corrected chi connectivity index (χ1v) is 7.16. The van der Waals surface area contributed by atoms with Crippen LogP contribution in [0.4, 0.5) is 0 Å². The Labute approximate surface area is 111 Å². The van der Waals surface area contributed by atoms with Crippen molar-refractivity contribution in [2.24, 2.45) is 0 Å². The highest BCUT2D eigenvalue weighted by molar-refractivity contribution is 5.13. The largest absolute Gasteiger partial charge is 0.396 e. The molecule has 0 fully saturated rings. The van der Waals surface area contributed by atoms with E-state index in [4.69, 9.17) is 9.84 Å². The number of aliphatic hydroxyl groups is 1. The van der Waals surface area contributed by atoms with Gasteiger partial charge in [-0.1, -0.05) is 62.4 Å². The minimum atomic E-state index is 0.341. The number of benzene rings is 1. The van der Waals surface area contributed by atoms with Crippen LogP contribution < -0.4 is 0 Å². The number of aliphatic hydroxyl groups excluding tert-OH is 1. The second-order valence-electron chi connectivity index (χ2n) is 4.74. The first kappa shape index (κ1) is 15.2. The molecule has 0 spiro atoms. The van der Waals surface area contributed by atoms with Gasteiger partial charge in [-0.3, -0.25) is 0 Å². The summed E-state index contributed by atoms with van der Waals surface area (Å²) < 4.78 is 5.63. The first-order valence-electron chi connectivity index (χ1n) is 7.16. The number of hydrogen-bond donors (Lipinski definition) is 1. The second kappa shape index (κ2) is 11.2. The number of rotatable bonds is 11. The Morgan fingerprint density at radius 3 is 2.06 bits per heavy atom. The van der Waals surface area contributed by atoms with Crippen LogP contribution in [0.1, 0.15) is 50.5 Å². The minimum Gasteiger partial charge on any atom is -0.396 e. The predicted molar refractivity (Wildman–Crippen MR) is 75.5 cm³/mol. The van der Waals surface area contributed by atoms with Crippen LogP contribution in [-0.4, -0.2) is 18.3 Å². The van der Waals surface area contributed by atoms with Gasteiger partial charge in [-0.05, 0) is 18.4 Å². The Hall–Kier alpha value is -0.860. The van der Waals surface area contributed by atoms with E-state index in [0.717, 1.165) is 26.1 Å². The van der Waals surface area contributed by atoms with Gasteiger partial charge in [0, 0.05) is 13.2 Å². The lowest BCUT2D eigenvalue weighted by Gasteiger charge is -2.04. The summed E-state index contributed by atoms with van der Waals surface area (Å²) in [4.78, 5) is 0. The maximum absolute atomic E-state index is 8.64. The standard InChI is InChI=1S/C16H26O2/c17-13-9-4-2-1-3-5-10-14-18-15-16-11-7-6-8-12-16/h6-8,11-12,17H,1-5,9-10,13-15H2. The maximum atomic E-state index is 8.64. The van der Waals surface area contributed by atoms with Crippen LogP contribution >= 0.6 is 0 Å². The van der Waals surface area contributed by atoms with Crippen LogP contribution in [0.2, 0.25) is 0 Å². The van der Waals surface area contributed by atoms with Gasteiger partial charge in [-0.2, -0.15) is 0 Å². The van der Waals surface area contributed by atoms with Crippen LogP contribution in [0.25, 0.3) is 0 Å². The summed E-state index contributed by atoms with van der Waals surface area (Å²) >= 11 is 0. The zero-order valence-electron chi connectivity index (χ0n) is 11.3. The third-order valence-corrected chi connectivity index (χ3v) is 3.06. The van der Waals surface area contributed by atoms with Crippen molar-refractivity contribution < 1.29 is 9.84 Å². The molecule has 1 aromatic rings. The van der Waals surface area contributed by atoms with E-state index in [9.17, 15) is 0 Å². The molecule has 0 aliphatic rings. The fourth-order valence-corrected chi connectivity index (χ4v) is 1.96. The lowest BCUT2D eigenvalue weighted by Crippen LogP contribution is -1.95. The molecule has 0 heterocycles. The topological polar surface area (TPSA) is 29.5 Å². The van der Waals surface area contributed by atoms with E-state index in [1.165, 1.54) is 37.7 Å². The molecule has 0 aromatic heterocycles. The van der Waals surface area contributed by atoms with Gasteiger partial charge in [0.2, 0.25) is 0 Å². The molecular formula is C16H26O2. The molecule has 1 rings (SSSR count). The summed E-state index contributed by atoms with van der Waals surface area (Å²) in [6.45, 7) is 1.94. The van der Waals surface area contributed by atoms with Crippen molar-refractivity contribution in [1.29, 1.82) is 0 Å². The second-order valence-corrected chi connectivity index (χ2v) is 4.74. The molecule has 18 heavy (non-hydrogen) atoms. The fourth-order valence-electron chi connectivity index (χ4n) is 1.96. The van der Waals surface area contributed by atoms with Crippen molar-refractivity contribution in [2.45, 2.75) is 51.6 Å². The Kier molecular flexibility index (Phi) is 9.49. The molecule has 0 aliphatic carbocycles. The quantitative estimate of drug-likeness (QED) is 0.603. The SMILES string of the molecule is OCCCCCCCCCOCc1ccccc1. The summed E-state index contributed by atoms with van der Waals surface area (Å²) in [5.74, 6) is 0. The van der Waals surface area contributed by atoms with Crippen molar-refractivity contribution >= 4 is 0 Å². The Balaban J connectivity index is 1.82. The van der Waals surface area contributed by atoms with Crippen molar-refractivity contribution in [2.75, 3.05) is 13.2 Å². The summed E-state index contributed by atoms with van der Waals surface area (Å²) in [5.41, 5.74) is 1.25. The third-order valence-electron chi connectivity index (χ3n) is 3.06.